The van der Waals surface area contributed by atoms with Crippen molar-refractivity contribution in [3.8, 4) is 65.4 Å². The van der Waals surface area contributed by atoms with Crippen molar-refractivity contribution in [3.05, 3.63) is 182 Å². The Bertz CT molecular complexity index is 4050. The van der Waals surface area contributed by atoms with E-state index in [9.17, 15) is 0 Å². The van der Waals surface area contributed by atoms with Gasteiger partial charge in [0.2, 0.25) is 0 Å². The average Bonchev–Trinajstić information content (AvgIpc) is 4.08. The Balaban J connectivity index is 1.15. The summed E-state index contributed by atoms with van der Waals surface area (Å²) >= 11 is 3.85. The van der Waals surface area contributed by atoms with E-state index in [-0.39, 0.29) is 0 Å². The fourth-order valence-corrected chi connectivity index (χ4v) is 13.5. The van der Waals surface area contributed by atoms with Crippen LogP contribution >= 0.6 is 22.7 Å². The maximum atomic E-state index is 2.50. The fraction of sp³-hybridized carbons (Fsp3) is 0. The average molecular weight is 791 g/mol. The molecule has 15 rings (SSSR count). The first-order valence-electron chi connectivity index (χ1n) is 20.7. The second kappa shape index (κ2) is 11.3. The highest BCUT2D eigenvalue weighted by molar-refractivity contribution is 7.23. The molecule has 2 heteroatoms. The molecular formula is C58H30S2. The molecule has 0 amide bonds. The third-order valence-electron chi connectivity index (χ3n) is 13.7. The van der Waals surface area contributed by atoms with Crippen LogP contribution in [0, 0.1) is 0 Å². The van der Waals surface area contributed by atoms with Gasteiger partial charge in [-0.2, -0.15) is 0 Å². The highest BCUT2D eigenvalue weighted by Crippen LogP contribution is 2.61. The minimum Gasteiger partial charge on any atom is -0.135 e. The van der Waals surface area contributed by atoms with Crippen LogP contribution < -0.4 is 0 Å². The van der Waals surface area contributed by atoms with E-state index in [0.717, 1.165) is 0 Å². The van der Waals surface area contributed by atoms with Gasteiger partial charge in [0.15, 0.2) is 0 Å². The van der Waals surface area contributed by atoms with Crippen LogP contribution in [0.4, 0.5) is 0 Å². The van der Waals surface area contributed by atoms with Crippen LogP contribution in [0.1, 0.15) is 0 Å². The van der Waals surface area contributed by atoms with E-state index >= 15 is 0 Å². The van der Waals surface area contributed by atoms with Gasteiger partial charge in [0.05, 0.1) is 0 Å². The standard InChI is InChI=1S/C58H30S2/c1-4-15-36-32(10-1)27-47-53-38(36)18-9-19-42(53)56-57(47)55(50-28-34-11-2-5-20-48(34)59-50)43-25-24-37-41(54(43)58(56)51-29-35-12-3-6-21-49(35)60-51)23-22-33-26-45-39-16-7-13-31-14-8-17-40(52(31)39)46(45)30-44(33)37/h1-30H. The van der Waals surface area contributed by atoms with Crippen LogP contribution in [0.5, 0.6) is 0 Å². The molecule has 0 fully saturated rings. The summed E-state index contributed by atoms with van der Waals surface area (Å²) in [6, 6.07) is 69.4. The molecule has 13 aromatic rings. The Morgan fingerprint density at radius 2 is 0.767 bits per heavy atom. The summed E-state index contributed by atoms with van der Waals surface area (Å²) in [5, 5.41) is 18.4. The Morgan fingerprint density at radius 1 is 0.233 bits per heavy atom. The van der Waals surface area contributed by atoms with E-state index in [1.807, 2.05) is 22.7 Å². The predicted octanol–water partition coefficient (Wildman–Crippen LogP) is 17.7. The van der Waals surface area contributed by atoms with Gasteiger partial charge in [-0.1, -0.05) is 140 Å². The molecular weight excluding hydrogens is 761 g/mol. The molecule has 0 N–H and O–H groups in total. The maximum absolute atomic E-state index is 2.50. The van der Waals surface area contributed by atoms with Gasteiger partial charge in [-0.25, -0.2) is 0 Å². The minimum atomic E-state index is 1.28. The topological polar surface area (TPSA) is 0 Å². The van der Waals surface area contributed by atoms with Gasteiger partial charge in [0.25, 0.3) is 0 Å². The molecule has 0 atom stereocenters. The number of hydrogen-bond donors (Lipinski definition) is 0. The van der Waals surface area contributed by atoms with E-state index in [0.29, 0.717) is 0 Å². The number of hydrogen-bond acceptors (Lipinski definition) is 2. The molecule has 274 valence electrons. The van der Waals surface area contributed by atoms with Crippen LogP contribution in [0.2, 0.25) is 0 Å². The molecule has 0 spiro atoms. The van der Waals surface area contributed by atoms with E-state index < -0.39 is 0 Å². The SMILES string of the molecule is c1ccc2sc(-c3c4c(c(-c5cc6ccccc6s5)c5c3ccc3c6cc7c(cc6ccc35)-c3cccc5cccc-7c35)-c3cccc5c3c-4cc3ccccc35)cc2c1. The molecule has 0 aliphatic heterocycles. The Kier molecular flexibility index (Phi) is 6.02. The lowest BCUT2D eigenvalue weighted by molar-refractivity contribution is 1.73. The van der Waals surface area contributed by atoms with Crippen molar-refractivity contribution in [3.63, 3.8) is 0 Å². The van der Waals surface area contributed by atoms with Crippen molar-refractivity contribution in [2.45, 2.75) is 0 Å². The highest BCUT2D eigenvalue weighted by atomic mass is 32.1. The highest BCUT2D eigenvalue weighted by Gasteiger charge is 2.33. The van der Waals surface area contributed by atoms with Crippen molar-refractivity contribution in [1.82, 2.24) is 0 Å². The van der Waals surface area contributed by atoms with Crippen LogP contribution in [0.3, 0.4) is 0 Å². The van der Waals surface area contributed by atoms with Crippen molar-refractivity contribution in [1.29, 1.82) is 0 Å². The number of benzene rings is 11. The number of thiophene rings is 2. The molecule has 0 radical (unpaired) electrons. The zero-order chi connectivity index (χ0) is 38.8. The molecule has 0 saturated carbocycles. The third kappa shape index (κ3) is 4.00. The number of rotatable bonds is 2. The monoisotopic (exact) mass is 790 g/mol. The van der Waals surface area contributed by atoms with Crippen LogP contribution in [-0.4, -0.2) is 0 Å². The van der Waals surface area contributed by atoms with Crippen LogP contribution in [0.25, 0.3) is 150 Å². The van der Waals surface area contributed by atoms with E-state index in [4.69, 9.17) is 0 Å². The zero-order valence-corrected chi connectivity index (χ0v) is 33.8. The molecule has 0 bridgehead atoms. The fourth-order valence-electron chi connectivity index (χ4n) is 11.2. The second-order valence-corrected chi connectivity index (χ2v) is 18.8. The van der Waals surface area contributed by atoms with Crippen molar-refractivity contribution < 1.29 is 0 Å². The first kappa shape index (κ1) is 31.8. The second-order valence-electron chi connectivity index (χ2n) is 16.6. The molecule has 11 aromatic carbocycles. The summed E-state index contributed by atoms with van der Waals surface area (Å²) in [4.78, 5) is 2.64. The minimum absolute atomic E-state index is 1.28. The lowest BCUT2D eigenvalue weighted by Gasteiger charge is -2.21. The number of fused-ring (bicyclic) bond motifs is 15. The summed E-state index contributed by atoms with van der Waals surface area (Å²) in [6.45, 7) is 0. The maximum Gasteiger partial charge on any atom is 0.0368 e. The van der Waals surface area contributed by atoms with Gasteiger partial charge in [-0.3, -0.25) is 0 Å². The molecule has 0 nitrogen and oxygen atoms in total. The van der Waals surface area contributed by atoms with Gasteiger partial charge in [0.1, 0.15) is 0 Å². The lowest BCUT2D eigenvalue weighted by Crippen LogP contribution is -1.93. The summed E-state index contributed by atoms with van der Waals surface area (Å²) in [5.41, 5.74) is 13.4. The summed E-state index contributed by atoms with van der Waals surface area (Å²) in [6.07, 6.45) is 0. The van der Waals surface area contributed by atoms with Gasteiger partial charge >= 0.3 is 0 Å². The Morgan fingerprint density at radius 3 is 1.53 bits per heavy atom. The molecule has 2 aromatic heterocycles. The molecule has 60 heavy (non-hydrogen) atoms. The molecule has 0 saturated heterocycles. The van der Waals surface area contributed by atoms with Crippen molar-refractivity contribution in [2.75, 3.05) is 0 Å². The van der Waals surface area contributed by atoms with Crippen LogP contribution in [-0.2, 0) is 0 Å². The molecule has 2 heterocycles. The predicted molar refractivity (Wildman–Crippen MR) is 262 cm³/mol. The quantitative estimate of drug-likeness (QED) is 0.153. The normalized spacial score (nSPS) is 12.7. The Labute approximate surface area is 352 Å². The van der Waals surface area contributed by atoms with Crippen molar-refractivity contribution >= 4 is 107 Å². The third-order valence-corrected chi connectivity index (χ3v) is 15.9. The summed E-state index contributed by atoms with van der Waals surface area (Å²) in [5.74, 6) is 0. The first-order chi connectivity index (χ1) is 29.7. The van der Waals surface area contributed by atoms with Gasteiger partial charge < -0.3 is 0 Å². The van der Waals surface area contributed by atoms with Crippen molar-refractivity contribution in [2.24, 2.45) is 0 Å². The lowest BCUT2D eigenvalue weighted by atomic mass is 9.83. The van der Waals surface area contributed by atoms with Gasteiger partial charge in [0, 0.05) is 41.4 Å². The van der Waals surface area contributed by atoms with E-state index in [1.165, 1.54) is 150 Å². The Hall–Kier alpha value is -7.10. The van der Waals surface area contributed by atoms with Crippen LogP contribution in [0.15, 0.2) is 182 Å². The van der Waals surface area contributed by atoms with Gasteiger partial charge in [-0.05, 0) is 151 Å². The summed E-state index contributed by atoms with van der Waals surface area (Å²) < 4.78 is 2.64. The largest absolute Gasteiger partial charge is 0.135 e. The van der Waals surface area contributed by atoms with E-state index in [2.05, 4.69) is 182 Å². The van der Waals surface area contributed by atoms with Gasteiger partial charge in [-0.15, -0.1) is 22.7 Å². The molecule has 0 unspecified atom stereocenters. The molecule has 2 aliphatic carbocycles. The zero-order valence-electron chi connectivity index (χ0n) is 32.1. The first-order valence-corrected chi connectivity index (χ1v) is 22.4. The molecule has 2 aliphatic rings. The smallest absolute Gasteiger partial charge is 0.0368 e. The summed E-state index contributed by atoms with van der Waals surface area (Å²) in [7, 11) is 0. The van der Waals surface area contributed by atoms with E-state index in [1.54, 1.807) is 0 Å².